The van der Waals surface area contributed by atoms with Gasteiger partial charge in [-0.15, -0.1) is 0 Å². The van der Waals surface area contributed by atoms with E-state index < -0.39 is 12.0 Å². The molecule has 1 atom stereocenters. The summed E-state index contributed by atoms with van der Waals surface area (Å²) >= 11 is 5.95. The molecule has 1 aliphatic rings. The molecule has 33 heavy (non-hydrogen) atoms. The van der Waals surface area contributed by atoms with Crippen molar-refractivity contribution in [1.29, 1.82) is 0 Å². The van der Waals surface area contributed by atoms with Crippen LogP contribution in [0.1, 0.15) is 36.9 Å². The van der Waals surface area contributed by atoms with E-state index in [9.17, 15) is 19.5 Å². The monoisotopic (exact) mass is 474 g/mol. The molecular weight excluding hydrogens is 448 g/mol. The Kier molecular flexibility index (Phi) is 8.30. The van der Waals surface area contributed by atoms with Gasteiger partial charge in [0.15, 0.2) is 11.5 Å². The summed E-state index contributed by atoms with van der Waals surface area (Å²) < 4.78 is 11.2. The van der Waals surface area contributed by atoms with Gasteiger partial charge in [-0.3, -0.25) is 24.2 Å². The highest BCUT2D eigenvalue weighted by Gasteiger charge is 2.29. The number of ether oxygens (including phenoxy) is 2. The molecule has 3 rings (SSSR count). The second-order valence-corrected chi connectivity index (χ2v) is 8.06. The van der Waals surface area contributed by atoms with Crippen LogP contribution in [-0.4, -0.2) is 59.5 Å². The molecule has 0 radical (unpaired) electrons. The number of amides is 2. The number of carbonyl (C=O) groups is 3. The smallest absolute Gasteiger partial charge is 0.325 e. The Labute approximate surface area is 197 Å². The van der Waals surface area contributed by atoms with Crippen molar-refractivity contribution in [3.63, 3.8) is 0 Å². The molecule has 2 amide bonds. The largest absolute Gasteiger partial charge is 0.493 e. The van der Waals surface area contributed by atoms with E-state index in [0.29, 0.717) is 35.2 Å². The van der Waals surface area contributed by atoms with Crippen LogP contribution in [0.3, 0.4) is 0 Å². The molecule has 1 N–H and O–H groups in total. The number of carbonyl (C=O) groups excluding carboxylic acids is 2. The van der Waals surface area contributed by atoms with Crippen molar-refractivity contribution in [3.05, 3.63) is 58.6 Å². The van der Waals surface area contributed by atoms with Gasteiger partial charge in [0, 0.05) is 24.4 Å². The van der Waals surface area contributed by atoms with Gasteiger partial charge in [0.05, 0.1) is 13.7 Å². The summed E-state index contributed by atoms with van der Waals surface area (Å²) in [5.41, 5.74) is 1.50. The van der Waals surface area contributed by atoms with Crippen LogP contribution in [-0.2, 0) is 20.9 Å². The van der Waals surface area contributed by atoms with Crippen molar-refractivity contribution >= 4 is 29.4 Å². The van der Waals surface area contributed by atoms with Crippen molar-refractivity contribution in [3.8, 4) is 11.5 Å². The summed E-state index contributed by atoms with van der Waals surface area (Å²) in [5.74, 6) is -0.340. The maximum absolute atomic E-state index is 12.1. The average Bonchev–Trinajstić information content (AvgIpc) is 3.12. The van der Waals surface area contributed by atoms with Crippen LogP contribution in [0.25, 0.3) is 0 Å². The lowest BCUT2D eigenvalue weighted by molar-refractivity contribution is -0.144. The van der Waals surface area contributed by atoms with Gasteiger partial charge in [0.25, 0.3) is 0 Å². The minimum atomic E-state index is -0.947. The number of likely N-dealkylation sites (N-methyl/N-ethyl adjacent to an activating group) is 1. The number of halogens is 1. The van der Waals surface area contributed by atoms with Crippen LogP contribution in [0.5, 0.6) is 11.5 Å². The molecule has 176 valence electrons. The highest BCUT2D eigenvalue weighted by molar-refractivity contribution is 6.30. The zero-order chi connectivity index (χ0) is 24.0. The number of rotatable bonds is 11. The van der Waals surface area contributed by atoms with E-state index in [-0.39, 0.29) is 37.8 Å². The fourth-order valence-corrected chi connectivity index (χ4v) is 3.95. The van der Waals surface area contributed by atoms with Crippen LogP contribution in [0.15, 0.2) is 42.5 Å². The molecule has 8 nitrogen and oxygen atoms in total. The summed E-state index contributed by atoms with van der Waals surface area (Å²) in [4.78, 5) is 38.5. The Morgan fingerprint density at radius 1 is 1.12 bits per heavy atom. The Morgan fingerprint density at radius 3 is 2.36 bits per heavy atom. The zero-order valence-electron chi connectivity index (χ0n) is 18.6. The number of hydrogen-bond acceptors (Lipinski definition) is 6. The highest BCUT2D eigenvalue weighted by atomic mass is 35.5. The van der Waals surface area contributed by atoms with Crippen molar-refractivity contribution in [1.82, 2.24) is 9.80 Å². The molecule has 1 aliphatic heterocycles. The van der Waals surface area contributed by atoms with E-state index in [2.05, 4.69) is 0 Å². The van der Waals surface area contributed by atoms with Gasteiger partial charge in [0.1, 0.15) is 12.6 Å². The third-order valence-electron chi connectivity index (χ3n) is 5.53. The van der Waals surface area contributed by atoms with Crippen LogP contribution in [0.2, 0.25) is 5.02 Å². The van der Waals surface area contributed by atoms with Gasteiger partial charge in [-0.2, -0.15) is 0 Å². The van der Waals surface area contributed by atoms with E-state index in [1.54, 1.807) is 36.4 Å². The van der Waals surface area contributed by atoms with Crippen molar-refractivity contribution in [2.24, 2.45) is 0 Å². The van der Waals surface area contributed by atoms with E-state index in [1.807, 2.05) is 17.9 Å². The van der Waals surface area contributed by atoms with E-state index in [0.717, 1.165) is 5.56 Å². The number of methoxy groups -OCH3 is 1. The topological polar surface area (TPSA) is 96.4 Å². The molecule has 1 unspecified atom stereocenters. The first-order valence-electron chi connectivity index (χ1n) is 10.7. The maximum atomic E-state index is 12.1. The summed E-state index contributed by atoms with van der Waals surface area (Å²) in [6.07, 6.45) is 0.496. The van der Waals surface area contributed by atoms with Gasteiger partial charge >= 0.3 is 5.97 Å². The van der Waals surface area contributed by atoms with Crippen molar-refractivity contribution in [2.45, 2.75) is 32.4 Å². The van der Waals surface area contributed by atoms with Gasteiger partial charge in [-0.1, -0.05) is 36.7 Å². The van der Waals surface area contributed by atoms with Crippen LogP contribution in [0, 0.1) is 0 Å². The highest BCUT2D eigenvalue weighted by Crippen LogP contribution is 2.30. The quantitative estimate of drug-likeness (QED) is 0.497. The first-order valence-corrected chi connectivity index (χ1v) is 11.1. The lowest BCUT2D eigenvalue weighted by Crippen LogP contribution is -2.33. The molecular formula is C24H27ClN2O6. The van der Waals surface area contributed by atoms with Gasteiger partial charge in [-0.25, -0.2) is 0 Å². The fourth-order valence-electron chi connectivity index (χ4n) is 3.82. The number of likely N-dealkylation sites (tertiary alicyclic amines) is 1. The third kappa shape index (κ3) is 6.03. The van der Waals surface area contributed by atoms with Gasteiger partial charge < -0.3 is 14.6 Å². The van der Waals surface area contributed by atoms with Crippen molar-refractivity contribution in [2.75, 3.05) is 26.8 Å². The molecule has 1 fully saturated rings. The molecule has 0 aliphatic carbocycles. The molecule has 0 aromatic heterocycles. The van der Waals surface area contributed by atoms with E-state index >= 15 is 0 Å². The lowest BCUT2D eigenvalue weighted by atomic mass is 10.0. The maximum Gasteiger partial charge on any atom is 0.325 e. The zero-order valence-corrected chi connectivity index (χ0v) is 19.4. The predicted molar refractivity (Wildman–Crippen MR) is 122 cm³/mol. The van der Waals surface area contributed by atoms with Crippen LogP contribution in [0.4, 0.5) is 0 Å². The standard InChI is InChI=1S/C24H27ClN2O6/c1-3-26(23(24(30)31)17-5-7-18(25)8-6-17)15-16-4-9-19(20(14-16)32-2)33-13-12-27-21(28)10-11-22(27)29/h4-9,14,23H,3,10-13,15H2,1-2H3,(H,30,31). The molecule has 2 aromatic carbocycles. The Hall–Kier alpha value is -3.10. The molecule has 9 heteroatoms. The Bertz CT molecular complexity index is 995. The average molecular weight is 475 g/mol. The molecule has 2 aromatic rings. The minimum Gasteiger partial charge on any atom is -0.493 e. The summed E-state index contributed by atoms with van der Waals surface area (Å²) in [5, 5.41) is 10.4. The second-order valence-electron chi connectivity index (χ2n) is 7.63. The van der Waals surface area contributed by atoms with Crippen molar-refractivity contribution < 1.29 is 29.0 Å². The number of imide groups is 1. The van der Waals surface area contributed by atoms with Gasteiger partial charge in [0.2, 0.25) is 11.8 Å². The first kappa shape index (κ1) is 24.5. The third-order valence-corrected chi connectivity index (χ3v) is 5.78. The molecule has 0 saturated carbocycles. The van der Waals surface area contributed by atoms with Crippen LogP contribution < -0.4 is 9.47 Å². The van der Waals surface area contributed by atoms with Crippen LogP contribution >= 0.6 is 11.6 Å². The number of carboxylic acids is 1. The predicted octanol–water partition coefficient (Wildman–Crippen LogP) is 3.52. The number of hydrogen-bond donors (Lipinski definition) is 1. The van der Waals surface area contributed by atoms with Gasteiger partial charge in [-0.05, 0) is 41.9 Å². The number of carboxylic acid groups (broad SMARTS) is 1. The molecule has 1 saturated heterocycles. The summed E-state index contributed by atoms with van der Waals surface area (Å²) in [7, 11) is 1.52. The molecule has 1 heterocycles. The number of nitrogens with zero attached hydrogens (tertiary/aromatic N) is 2. The molecule has 0 bridgehead atoms. The first-order chi connectivity index (χ1) is 15.8. The molecule has 0 spiro atoms. The SMILES string of the molecule is CCN(Cc1ccc(OCCN2C(=O)CCC2=O)c(OC)c1)C(C(=O)O)c1ccc(Cl)cc1. The minimum absolute atomic E-state index is 0.159. The number of aliphatic carboxylic acids is 1. The van der Waals surface area contributed by atoms with E-state index in [4.69, 9.17) is 21.1 Å². The summed E-state index contributed by atoms with van der Waals surface area (Å²) in [6.45, 7) is 3.14. The Balaban J connectivity index is 1.70. The lowest BCUT2D eigenvalue weighted by Gasteiger charge is -2.28. The summed E-state index contributed by atoms with van der Waals surface area (Å²) in [6, 6.07) is 11.4. The second kappa shape index (κ2) is 11.2. The fraction of sp³-hybridized carbons (Fsp3) is 0.375. The van der Waals surface area contributed by atoms with E-state index in [1.165, 1.54) is 12.0 Å². The number of benzene rings is 2. The normalized spacial score (nSPS) is 14.6. The Morgan fingerprint density at radius 2 is 1.79 bits per heavy atom.